The van der Waals surface area contributed by atoms with Crippen LogP contribution in [0.25, 0.3) is 0 Å². The SMILES string of the molecule is Cc1cccc(C(=O)N[C@@H]2CCCC[C@H]2O)n1. The molecule has 2 atom stereocenters. The Balaban J connectivity index is 2.01. The van der Waals surface area contributed by atoms with Gasteiger partial charge in [-0.3, -0.25) is 4.79 Å². The maximum absolute atomic E-state index is 11.9. The van der Waals surface area contributed by atoms with Gasteiger partial charge in [0.25, 0.3) is 5.91 Å². The number of aromatic nitrogens is 1. The Labute approximate surface area is 101 Å². The van der Waals surface area contributed by atoms with E-state index in [0.29, 0.717) is 5.69 Å². The second-order valence-electron chi connectivity index (χ2n) is 4.60. The Morgan fingerprint density at radius 2 is 2.18 bits per heavy atom. The van der Waals surface area contributed by atoms with Gasteiger partial charge in [-0.2, -0.15) is 0 Å². The summed E-state index contributed by atoms with van der Waals surface area (Å²) in [5.41, 5.74) is 1.24. The van der Waals surface area contributed by atoms with E-state index >= 15 is 0 Å². The van der Waals surface area contributed by atoms with E-state index in [1.54, 1.807) is 6.07 Å². The Morgan fingerprint density at radius 1 is 1.41 bits per heavy atom. The summed E-state index contributed by atoms with van der Waals surface area (Å²) in [4.78, 5) is 16.1. The monoisotopic (exact) mass is 234 g/mol. The predicted octanol–water partition coefficient (Wildman–Crippen LogP) is 1.42. The molecular weight excluding hydrogens is 216 g/mol. The van der Waals surface area contributed by atoms with E-state index in [4.69, 9.17) is 0 Å². The van der Waals surface area contributed by atoms with Gasteiger partial charge in [0.05, 0.1) is 12.1 Å². The van der Waals surface area contributed by atoms with Crippen LogP contribution in [0.15, 0.2) is 18.2 Å². The molecule has 1 aromatic rings. The van der Waals surface area contributed by atoms with Crippen LogP contribution in [0.5, 0.6) is 0 Å². The molecule has 17 heavy (non-hydrogen) atoms. The van der Waals surface area contributed by atoms with Crippen LogP contribution in [0.4, 0.5) is 0 Å². The van der Waals surface area contributed by atoms with Gasteiger partial charge in [0.15, 0.2) is 0 Å². The lowest BCUT2D eigenvalue weighted by atomic mass is 9.92. The maximum atomic E-state index is 11.9. The smallest absolute Gasteiger partial charge is 0.270 e. The van der Waals surface area contributed by atoms with Crippen LogP contribution in [0.3, 0.4) is 0 Å². The lowest BCUT2D eigenvalue weighted by molar-refractivity contribution is 0.0713. The van der Waals surface area contributed by atoms with E-state index in [2.05, 4.69) is 10.3 Å². The van der Waals surface area contributed by atoms with Crippen LogP contribution in [0.2, 0.25) is 0 Å². The molecule has 2 N–H and O–H groups in total. The third-order valence-electron chi connectivity index (χ3n) is 3.17. The average Bonchev–Trinajstić information content (AvgIpc) is 2.32. The van der Waals surface area contributed by atoms with Crippen molar-refractivity contribution < 1.29 is 9.90 Å². The van der Waals surface area contributed by atoms with Gasteiger partial charge in [-0.25, -0.2) is 4.98 Å². The summed E-state index contributed by atoms with van der Waals surface area (Å²) < 4.78 is 0. The lowest BCUT2D eigenvalue weighted by Crippen LogP contribution is -2.45. The first-order valence-electron chi connectivity index (χ1n) is 6.09. The molecule has 0 radical (unpaired) electrons. The molecule has 1 aliphatic rings. The molecule has 1 fully saturated rings. The summed E-state index contributed by atoms with van der Waals surface area (Å²) in [7, 11) is 0. The van der Waals surface area contributed by atoms with Crippen LogP contribution < -0.4 is 5.32 Å². The minimum absolute atomic E-state index is 0.126. The van der Waals surface area contributed by atoms with Crippen LogP contribution in [-0.4, -0.2) is 28.1 Å². The quantitative estimate of drug-likeness (QED) is 0.813. The molecule has 0 bridgehead atoms. The molecule has 0 aromatic carbocycles. The standard InChI is InChI=1S/C13H18N2O2/c1-9-5-4-7-11(14-9)13(17)15-10-6-2-3-8-12(10)16/h4-5,7,10,12,16H,2-3,6,8H2,1H3,(H,15,17)/t10-,12-/m1/s1. The zero-order chi connectivity index (χ0) is 12.3. The number of aliphatic hydroxyl groups excluding tert-OH is 1. The molecule has 1 aromatic heterocycles. The van der Waals surface area contributed by atoms with Gasteiger partial charge in [-0.1, -0.05) is 18.9 Å². The van der Waals surface area contributed by atoms with E-state index in [9.17, 15) is 9.90 Å². The van der Waals surface area contributed by atoms with E-state index in [-0.39, 0.29) is 11.9 Å². The fourth-order valence-electron chi connectivity index (χ4n) is 2.19. The number of carbonyl (C=O) groups excluding carboxylic acids is 1. The minimum atomic E-state index is -0.419. The van der Waals surface area contributed by atoms with Gasteiger partial charge in [0.2, 0.25) is 0 Å². The number of amides is 1. The summed E-state index contributed by atoms with van der Waals surface area (Å²) in [5.74, 6) is -0.195. The highest BCUT2D eigenvalue weighted by atomic mass is 16.3. The highest BCUT2D eigenvalue weighted by molar-refractivity contribution is 5.92. The van der Waals surface area contributed by atoms with Gasteiger partial charge in [-0.15, -0.1) is 0 Å². The molecular formula is C13H18N2O2. The zero-order valence-corrected chi connectivity index (χ0v) is 10.0. The van der Waals surface area contributed by atoms with Gasteiger partial charge in [0.1, 0.15) is 5.69 Å². The van der Waals surface area contributed by atoms with Crippen molar-refractivity contribution in [1.29, 1.82) is 0 Å². The molecule has 2 rings (SSSR count). The van der Waals surface area contributed by atoms with Crippen molar-refractivity contribution in [3.05, 3.63) is 29.6 Å². The topological polar surface area (TPSA) is 62.2 Å². The fraction of sp³-hybridized carbons (Fsp3) is 0.538. The average molecular weight is 234 g/mol. The van der Waals surface area contributed by atoms with Crippen molar-refractivity contribution in [3.63, 3.8) is 0 Å². The molecule has 4 nitrogen and oxygen atoms in total. The number of nitrogens with zero attached hydrogens (tertiary/aromatic N) is 1. The van der Waals surface area contributed by atoms with Gasteiger partial charge >= 0.3 is 0 Å². The van der Waals surface area contributed by atoms with Gasteiger partial charge < -0.3 is 10.4 Å². The molecule has 1 amide bonds. The van der Waals surface area contributed by atoms with Crippen molar-refractivity contribution in [1.82, 2.24) is 10.3 Å². The van der Waals surface area contributed by atoms with Crippen LogP contribution in [-0.2, 0) is 0 Å². The molecule has 0 saturated heterocycles. The highest BCUT2D eigenvalue weighted by Crippen LogP contribution is 2.18. The second-order valence-corrected chi connectivity index (χ2v) is 4.60. The largest absolute Gasteiger partial charge is 0.391 e. The number of hydrogen-bond acceptors (Lipinski definition) is 3. The summed E-state index contributed by atoms with van der Waals surface area (Å²) in [6.45, 7) is 1.85. The number of pyridine rings is 1. The van der Waals surface area contributed by atoms with Crippen molar-refractivity contribution in [2.45, 2.75) is 44.8 Å². The van der Waals surface area contributed by atoms with E-state index in [1.165, 1.54) is 0 Å². The molecule has 0 aliphatic heterocycles. The van der Waals surface area contributed by atoms with Crippen LogP contribution >= 0.6 is 0 Å². The maximum Gasteiger partial charge on any atom is 0.270 e. The van der Waals surface area contributed by atoms with E-state index in [0.717, 1.165) is 31.4 Å². The first-order chi connectivity index (χ1) is 8.16. The summed E-state index contributed by atoms with van der Waals surface area (Å²) in [6, 6.07) is 5.23. The molecule has 1 saturated carbocycles. The molecule has 0 unspecified atom stereocenters. The van der Waals surface area contributed by atoms with Crippen molar-refractivity contribution in [2.24, 2.45) is 0 Å². The van der Waals surface area contributed by atoms with Gasteiger partial charge in [-0.05, 0) is 31.9 Å². The molecule has 1 heterocycles. The normalized spacial score (nSPS) is 24.4. The Morgan fingerprint density at radius 3 is 2.88 bits per heavy atom. The zero-order valence-electron chi connectivity index (χ0n) is 10.0. The molecule has 0 spiro atoms. The first-order valence-corrected chi connectivity index (χ1v) is 6.09. The number of hydrogen-bond donors (Lipinski definition) is 2. The van der Waals surface area contributed by atoms with Crippen molar-refractivity contribution in [2.75, 3.05) is 0 Å². The Bertz CT molecular complexity index is 406. The van der Waals surface area contributed by atoms with Crippen molar-refractivity contribution >= 4 is 5.91 Å². The molecule has 4 heteroatoms. The van der Waals surface area contributed by atoms with E-state index in [1.807, 2.05) is 19.1 Å². The Hall–Kier alpha value is -1.42. The van der Waals surface area contributed by atoms with E-state index < -0.39 is 6.10 Å². The van der Waals surface area contributed by atoms with Crippen molar-refractivity contribution in [3.8, 4) is 0 Å². The number of carbonyl (C=O) groups is 1. The molecule has 92 valence electrons. The summed E-state index contributed by atoms with van der Waals surface area (Å²) in [6.07, 6.45) is 3.29. The highest BCUT2D eigenvalue weighted by Gasteiger charge is 2.25. The summed E-state index contributed by atoms with van der Waals surface area (Å²) >= 11 is 0. The molecule has 1 aliphatic carbocycles. The lowest BCUT2D eigenvalue weighted by Gasteiger charge is -2.28. The van der Waals surface area contributed by atoms with Gasteiger partial charge in [0, 0.05) is 5.69 Å². The first kappa shape index (κ1) is 12.0. The minimum Gasteiger partial charge on any atom is -0.391 e. The second kappa shape index (κ2) is 5.27. The predicted molar refractivity (Wildman–Crippen MR) is 64.7 cm³/mol. The summed E-state index contributed by atoms with van der Waals surface area (Å²) in [5, 5.41) is 12.6. The fourth-order valence-corrected chi connectivity index (χ4v) is 2.19. The van der Waals surface area contributed by atoms with Crippen LogP contribution in [0.1, 0.15) is 41.9 Å². The third-order valence-corrected chi connectivity index (χ3v) is 3.17. The number of rotatable bonds is 2. The number of aliphatic hydroxyl groups is 1. The third kappa shape index (κ3) is 3.03. The number of nitrogens with one attached hydrogen (secondary N) is 1. The number of aryl methyl sites for hydroxylation is 1. The van der Waals surface area contributed by atoms with Crippen LogP contribution in [0, 0.1) is 6.92 Å². The Kier molecular flexibility index (Phi) is 3.74.